The third-order valence-electron chi connectivity index (χ3n) is 4.10. The molecule has 144 valence electrons. The molecule has 1 amide bonds. The summed E-state index contributed by atoms with van der Waals surface area (Å²) in [5, 5.41) is 27.7. The molecule has 1 N–H and O–H groups in total. The van der Waals surface area contributed by atoms with Crippen molar-refractivity contribution in [2.24, 2.45) is 0 Å². The van der Waals surface area contributed by atoms with Gasteiger partial charge in [-0.05, 0) is 25.1 Å². The van der Waals surface area contributed by atoms with Gasteiger partial charge in [-0.2, -0.15) is 10.4 Å². The van der Waals surface area contributed by atoms with Gasteiger partial charge < -0.3 is 5.32 Å². The SMILES string of the molecule is CCNC(=O)/C(C#N)=C/c1cn(-c2ccccc2)nc1-c1cccc([N+](=O)[O-])c1. The number of amides is 1. The van der Waals surface area contributed by atoms with Crippen molar-refractivity contribution in [3.05, 3.63) is 82.0 Å². The first-order chi connectivity index (χ1) is 14.0. The van der Waals surface area contributed by atoms with Crippen molar-refractivity contribution in [2.45, 2.75) is 6.92 Å². The van der Waals surface area contributed by atoms with E-state index in [1.807, 2.05) is 36.4 Å². The molecule has 0 saturated carbocycles. The number of non-ortho nitro benzene ring substituents is 1. The molecule has 29 heavy (non-hydrogen) atoms. The standard InChI is InChI=1S/C21H17N5O3/c1-2-23-21(27)16(13-22)11-17-14-25(18-8-4-3-5-9-18)24-20(17)15-7-6-10-19(12-15)26(28)29/h3-12,14H,2H2,1H3,(H,23,27)/b16-11+. The van der Waals surface area contributed by atoms with Gasteiger partial charge in [-0.25, -0.2) is 4.68 Å². The number of nitro benzene ring substituents is 1. The van der Waals surface area contributed by atoms with E-state index in [0.29, 0.717) is 23.4 Å². The molecule has 3 aromatic rings. The number of nitriles is 1. The minimum absolute atomic E-state index is 0.0732. The van der Waals surface area contributed by atoms with Crippen LogP contribution in [0.5, 0.6) is 0 Å². The van der Waals surface area contributed by atoms with Crippen molar-refractivity contribution in [2.75, 3.05) is 6.54 Å². The molecule has 1 heterocycles. The average molecular weight is 387 g/mol. The van der Waals surface area contributed by atoms with Crippen LogP contribution in [0.1, 0.15) is 12.5 Å². The van der Waals surface area contributed by atoms with Crippen LogP contribution in [-0.2, 0) is 4.79 Å². The lowest BCUT2D eigenvalue weighted by molar-refractivity contribution is -0.384. The second kappa shape index (κ2) is 8.63. The summed E-state index contributed by atoms with van der Waals surface area (Å²) in [7, 11) is 0. The van der Waals surface area contributed by atoms with Crippen LogP contribution >= 0.6 is 0 Å². The van der Waals surface area contributed by atoms with Crippen LogP contribution in [0.2, 0.25) is 0 Å². The number of likely N-dealkylation sites (N-methyl/N-ethyl adjacent to an activating group) is 1. The van der Waals surface area contributed by atoms with E-state index >= 15 is 0 Å². The number of benzene rings is 2. The molecule has 0 saturated heterocycles. The summed E-state index contributed by atoms with van der Waals surface area (Å²) >= 11 is 0. The molecule has 8 heteroatoms. The summed E-state index contributed by atoms with van der Waals surface area (Å²) < 4.78 is 1.60. The van der Waals surface area contributed by atoms with Crippen LogP contribution in [0.25, 0.3) is 23.0 Å². The zero-order valence-electron chi connectivity index (χ0n) is 15.6. The highest BCUT2D eigenvalue weighted by Gasteiger charge is 2.16. The Kier molecular flexibility index (Phi) is 5.80. The average Bonchev–Trinajstić information content (AvgIpc) is 3.16. The maximum Gasteiger partial charge on any atom is 0.270 e. The van der Waals surface area contributed by atoms with Gasteiger partial charge >= 0.3 is 0 Å². The maximum absolute atomic E-state index is 12.1. The highest BCUT2D eigenvalue weighted by atomic mass is 16.6. The van der Waals surface area contributed by atoms with Gasteiger partial charge in [-0.15, -0.1) is 0 Å². The molecule has 1 aromatic heterocycles. The number of hydrogen-bond donors (Lipinski definition) is 1. The first-order valence-electron chi connectivity index (χ1n) is 8.83. The number of carbonyl (C=O) groups excluding carboxylic acids is 1. The monoisotopic (exact) mass is 387 g/mol. The number of nitro groups is 1. The molecule has 0 bridgehead atoms. The van der Waals surface area contributed by atoms with Crippen molar-refractivity contribution in [3.8, 4) is 23.0 Å². The van der Waals surface area contributed by atoms with Gasteiger partial charge in [0.05, 0.1) is 10.6 Å². The minimum atomic E-state index is -0.493. The largest absolute Gasteiger partial charge is 0.352 e. The lowest BCUT2D eigenvalue weighted by Crippen LogP contribution is -2.23. The van der Waals surface area contributed by atoms with E-state index < -0.39 is 10.8 Å². The van der Waals surface area contributed by atoms with E-state index in [4.69, 9.17) is 0 Å². The van der Waals surface area contributed by atoms with Crippen LogP contribution in [-0.4, -0.2) is 27.2 Å². The summed E-state index contributed by atoms with van der Waals surface area (Å²) in [5.74, 6) is -0.493. The molecule has 0 aliphatic heterocycles. The summed E-state index contributed by atoms with van der Waals surface area (Å²) in [6, 6.07) is 17.3. The summed E-state index contributed by atoms with van der Waals surface area (Å²) in [6.45, 7) is 2.15. The summed E-state index contributed by atoms with van der Waals surface area (Å²) in [6.07, 6.45) is 3.12. The molecule has 0 unspecified atom stereocenters. The third-order valence-corrected chi connectivity index (χ3v) is 4.10. The van der Waals surface area contributed by atoms with E-state index in [-0.39, 0.29) is 11.3 Å². The molecule has 2 aromatic carbocycles. The predicted octanol–water partition coefficient (Wildman–Crippen LogP) is 3.49. The van der Waals surface area contributed by atoms with Crippen LogP contribution in [0.15, 0.2) is 66.4 Å². The Balaban J connectivity index is 2.17. The topological polar surface area (TPSA) is 114 Å². The first kappa shape index (κ1) is 19.5. The van der Waals surface area contributed by atoms with Crippen LogP contribution in [0.3, 0.4) is 0 Å². The third kappa shape index (κ3) is 4.36. The molecule has 0 fully saturated rings. The van der Waals surface area contributed by atoms with E-state index in [2.05, 4.69) is 10.4 Å². The van der Waals surface area contributed by atoms with E-state index in [1.165, 1.54) is 18.2 Å². The normalized spacial score (nSPS) is 11.0. The quantitative estimate of drug-likeness (QED) is 0.301. The Morgan fingerprint density at radius 2 is 2.03 bits per heavy atom. The Labute approximate surface area is 166 Å². The molecule has 0 atom stereocenters. The summed E-state index contributed by atoms with van der Waals surface area (Å²) in [4.78, 5) is 22.8. The Morgan fingerprint density at radius 3 is 2.69 bits per heavy atom. The molecule has 0 aliphatic carbocycles. The second-order valence-electron chi connectivity index (χ2n) is 6.05. The van der Waals surface area contributed by atoms with E-state index in [9.17, 15) is 20.2 Å². The fourth-order valence-corrected chi connectivity index (χ4v) is 2.76. The Morgan fingerprint density at radius 1 is 1.28 bits per heavy atom. The van der Waals surface area contributed by atoms with Gasteiger partial charge in [0.25, 0.3) is 11.6 Å². The maximum atomic E-state index is 12.1. The van der Waals surface area contributed by atoms with Gasteiger partial charge in [0, 0.05) is 36.0 Å². The predicted molar refractivity (Wildman–Crippen MR) is 108 cm³/mol. The number of carbonyl (C=O) groups is 1. The smallest absolute Gasteiger partial charge is 0.270 e. The number of hydrogen-bond acceptors (Lipinski definition) is 5. The van der Waals surface area contributed by atoms with Gasteiger partial charge in [-0.3, -0.25) is 14.9 Å². The van der Waals surface area contributed by atoms with Crippen molar-refractivity contribution in [3.63, 3.8) is 0 Å². The molecule has 0 radical (unpaired) electrons. The Bertz CT molecular complexity index is 1130. The first-order valence-corrected chi connectivity index (χ1v) is 8.83. The fourth-order valence-electron chi connectivity index (χ4n) is 2.76. The number of aromatic nitrogens is 2. The molecule has 3 rings (SSSR count). The summed E-state index contributed by atoms with van der Waals surface area (Å²) in [5.41, 5.74) is 2.05. The minimum Gasteiger partial charge on any atom is -0.352 e. The highest BCUT2D eigenvalue weighted by molar-refractivity contribution is 6.02. The molecule has 8 nitrogen and oxygen atoms in total. The van der Waals surface area contributed by atoms with Crippen molar-refractivity contribution >= 4 is 17.7 Å². The second-order valence-corrected chi connectivity index (χ2v) is 6.05. The van der Waals surface area contributed by atoms with Crippen LogP contribution < -0.4 is 5.32 Å². The lowest BCUT2D eigenvalue weighted by Gasteiger charge is -2.02. The molecule has 0 aliphatic rings. The van der Waals surface area contributed by atoms with Crippen LogP contribution in [0, 0.1) is 21.4 Å². The number of para-hydroxylation sites is 1. The number of rotatable bonds is 6. The zero-order valence-corrected chi connectivity index (χ0v) is 15.6. The highest BCUT2D eigenvalue weighted by Crippen LogP contribution is 2.28. The van der Waals surface area contributed by atoms with Crippen LogP contribution in [0.4, 0.5) is 5.69 Å². The van der Waals surface area contributed by atoms with Gasteiger partial charge in [-0.1, -0.05) is 30.3 Å². The van der Waals surface area contributed by atoms with E-state index in [1.54, 1.807) is 29.9 Å². The number of nitrogens with zero attached hydrogens (tertiary/aromatic N) is 4. The fraction of sp³-hybridized carbons (Fsp3) is 0.0952. The molecular formula is C21H17N5O3. The van der Waals surface area contributed by atoms with E-state index in [0.717, 1.165) is 5.69 Å². The van der Waals surface area contributed by atoms with Gasteiger partial charge in [0.2, 0.25) is 0 Å². The van der Waals surface area contributed by atoms with Crippen molar-refractivity contribution in [1.29, 1.82) is 5.26 Å². The molecular weight excluding hydrogens is 370 g/mol. The van der Waals surface area contributed by atoms with Gasteiger partial charge in [0.1, 0.15) is 17.3 Å². The van der Waals surface area contributed by atoms with Gasteiger partial charge in [0.15, 0.2) is 0 Å². The zero-order chi connectivity index (χ0) is 20.8. The van der Waals surface area contributed by atoms with Crippen molar-refractivity contribution in [1.82, 2.24) is 15.1 Å². The Hall–Kier alpha value is -4.25. The number of nitrogens with one attached hydrogen (secondary N) is 1. The molecule has 0 spiro atoms. The lowest BCUT2D eigenvalue weighted by atomic mass is 10.1. The van der Waals surface area contributed by atoms with Crippen molar-refractivity contribution < 1.29 is 9.72 Å².